The highest BCUT2D eigenvalue weighted by molar-refractivity contribution is 5.90. The monoisotopic (exact) mass is 287 g/mol. The van der Waals surface area contributed by atoms with Crippen LogP contribution in [0.15, 0.2) is 0 Å². The normalized spacial score (nSPS) is 20.9. The smallest absolute Gasteiger partial charge is 0.245 e. The summed E-state index contributed by atoms with van der Waals surface area (Å²) in [5, 5.41) is 2.80. The van der Waals surface area contributed by atoms with Gasteiger partial charge in [-0.3, -0.25) is 9.59 Å². The molecular weight excluding hydrogens is 262 g/mol. The Hall–Kier alpha value is -1.18. The third-order valence-electron chi connectivity index (χ3n) is 3.10. The van der Waals surface area contributed by atoms with Crippen molar-refractivity contribution in [3.05, 3.63) is 0 Å². The average molecular weight is 287 g/mol. The van der Waals surface area contributed by atoms with Gasteiger partial charge in [-0.05, 0) is 20.3 Å². The second kappa shape index (κ2) is 8.18. The zero-order chi connectivity index (χ0) is 15.1. The predicted octanol–water partition coefficient (Wildman–Crippen LogP) is -0.898. The van der Waals surface area contributed by atoms with E-state index in [0.717, 1.165) is 0 Å². The van der Waals surface area contributed by atoms with Gasteiger partial charge in [0.2, 0.25) is 11.8 Å². The maximum absolute atomic E-state index is 12.3. The molecule has 2 atom stereocenters. The molecule has 1 aliphatic heterocycles. The van der Waals surface area contributed by atoms with Crippen LogP contribution in [0.4, 0.5) is 0 Å². The van der Waals surface area contributed by atoms with Gasteiger partial charge in [0.15, 0.2) is 0 Å². The van der Waals surface area contributed by atoms with Crippen molar-refractivity contribution in [1.29, 1.82) is 0 Å². The van der Waals surface area contributed by atoms with Crippen LogP contribution < -0.4 is 11.1 Å². The average Bonchev–Trinajstić information content (AvgIpc) is 2.43. The fourth-order valence-corrected chi connectivity index (χ4v) is 2.05. The molecule has 0 radical (unpaired) electrons. The summed E-state index contributed by atoms with van der Waals surface area (Å²) in [7, 11) is 1.56. The summed E-state index contributed by atoms with van der Waals surface area (Å²) >= 11 is 0. The molecule has 20 heavy (non-hydrogen) atoms. The molecule has 1 heterocycles. The van der Waals surface area contributed by atoms with E-state index in [1.54, 1.807) is 7.11 Å². The lowest BCUT2D eigenvalue weighted by molar-refractivity contribution is -0.149. The molecule has 2 amide bonds. The first-order valence-corrected chi connectivity index (χ1v) is 6.90. The SMILES string of the molecule is COCCC(N)C(=O)N1CCOCC1C(=O)NC(C)C. The topological polar surface area (TPSA) is 93.9 Å². The number of carbonyl (C=O) groups excluding carboxylic acids is 2. The van der Waals surface area contributed by atoms with E-state index < -0.39 is 12.1 Å². The van der Waals surface area contributed by atoms with Crippen LogP contribution >= 0.6 is 0 Å². The maximum atomic E-state index is 12.3. The fourth-order valence-electron chi connectivity index (χ4n) is 2.05. The molecule has 0 saturated carbocycles. The first-order chi connectivity index (χ1) is 9.47. The third-order valence-corrected chi connectivity index (χ3v) is 3.10. The number of amides is 2. The first-order valence-electron chi connectivity index (χ1n) is 6.90. The molecular formula is C13H25N3O4. The molecule has 0 spiro atoms. The van der Waals surface area contributed by atoms with Gasteiger partial charge in [0.1, 0.15) is 6.04 Å². The van der Waals surface area contributed by atoms with Crippen molar-refractivity contribution in [3.63, 3.8) is 0 Å². The Morgan fingerprint density at radius 2 is 2.20 bits per heavy atom. The van der Waals surface area contributed by atoms with E-state index in [4.69, 9.17) is 15.2 Å². The molecule has 0 aromatic rings. The quantitative estimate of drug-likeness (QED) is 0.660. The number of ether oxygens (including phenoxy) is 2. The van der Waals surface area contributed by atoms with E-state index in [1.807, 2.05) is 13.8 Å². The van der Waals surface area contributed by atoms with Crippen LogP contribution in [0.1, 0.15) is 20.3 Å². The van der Waals surface area contributed by atoms with Crippen LogP contribution in [0.2, 0.25) is 0 Å². The van der Waals surface area contributed by atoms with E-state index in [9.17, 15) is 9.59 Å². The molecule has 0 aromatic carbocycles. The molecule has 1 fully saturated rings. The van der Waals surface area contributed by atoms with Crippen LogP contribution in [-0.4, -0.2) is 68.3 Å². The van der Waals surface area contributed by atoms with Crippen LogP contribution in [0.3, 0.4) is 0 Å². The number of nitrogens with one attached hydrogen (secondary N) is 1. The minimum absolute atomic E-state index is 0.0172. The summed E-state index contributed by atoms with van der Waals surface area (Å²) in [5.74, 6) is -0.429. The Kier molecular flexibility index (Phi) is 6.90. The highest BCUT2D eigenvalue weighted by Gasteiger charge is 2.34. The van der Waals surface area contributed by atoms with Crippen LogP contribution in [0, 0.1) is 0 Å². The summed E-state index contributed by atoms with van der Waals surface area (Å²) in [6.45, 7) is 5.18. The van der Waals surface area contributed by atoms with Crippen molar-refractivity contribution in [1.82, 2.24) is 10.2 Å². The lowest BCUT2D eigenvalue weighted by Crippen LogP contribution is -2.59. The maximum Gasteiger partial charge on any atom is 0.245 e. The van der Waals surface area contributed by atoms with Crippen molar-refractivity contribution < 1.29 is 19.1 Å². The molecule has 0 aliphatic carbocycles. The minimum Gasteiger partial charge on any atom is -0.385 e. The van der Waals surface area contributed by atoms with Crippen LogP contribution in [-0.2, 0) is 19.1 Å². The van der Waals surface area contributed by atoms with Gasteiger partial charge in [0, 0.05) is 26.3 Å². The standard InChI is InChI=1S/C13H25N3O4/c1-9(2)15-12(17)11-8-20-7-5-16(11)13(18)10(14)4-6-19-3/h9-11H,4-8,14H2,1-3H3,(H,15,17). The number of hydrogen-bond acceptors (Lipinski definition) is 5. The van der Waals surface area contributed by atoms with Crippen molar-refractivity contribution in [3.8, 4) is 0 Å². The largest absolute Gasteiger partial charge is 0.385 e. The van der Waals surface area contributed by atoms with E-state index in [2.05, 4.69) is 5.32 Å². The third kappa shape index (κ3) is 4.73. The highest BCUT2D eigenvalue weighted by atomic mass is 16.5. The number of methoxy groups -OCH3 is 1. The van der Waals surface area contributed by atoms with E-state index in [-0.39, 0.29) is 24.5 Å². The summed E-state index contributed by atoms with van der Waals surface area (Å²) in [6, 6.07) is -1.24. The summed E-state index contributed by atoms with van der Waals surface area (Å²) in [5.41, 5.74) is 5.85. The van der Waals surface area contributed by atoms with Crippen molar-refractivity contribution >= 4 is 11.8 Å². The summed E-state index contributed by atoms with van der Waals surface area (Å²) < 4.78 is 10.2. The molecule has 0 aromatic heterocycles. The first kappa shape index (κ1) is 16.9. The summed E-state index contributed by atoms with van der Waals surface area (Å²) in [4.78, 5) is 25.9. The number of morpholine rings is 1. The zero-order valence-electron chi connectivity index (χ0n) is 12.4. The highest BCUT2D eigenvalue weighted by Crippen LogP contribution is 2.10. The molecule has 0 bridgehead atoms. The van der Waals surface area contributed by atoms with Gasteiger partial charge in [-0.1, -0.05) is 0 Å². The Morgan fingerprint density at radius 3 is 2.80 bits per heavy atom. The lowest BCUT2D eigenvalue weighted by atomic mass is 10.1. The Bertz CT molecular complexity index is 336. The van der Waals surface area contributed by atoms with Gasteiger partial charge in [-0.15, -0.1) is 0 Å². The summed E-state index contributed by atoms with van der Waals surface area (Å²) in [6.07, 6.45) is 0.436. The fraction of sp³-hybridized carbons (Fsp3) is 0.846. The molecule has 7 nitrogen and oxygen atoms in total. The van der Waals surface area contributed by atoms with Crippen molar-refractivity contribution in [2.75, 3.05) is 33.5 Å². The lowest BCUT2D eigenvalue weighted by Gasteiger charge is -2.36. The molecule has 1 saturated heterocycles. The zero-order valence-corrected chi connectivity index (χ0v) is 12.4. The Labute approximate surface area is 119 Å². The van der Waals surface area contributed by atoms with Gasteiger partial charge in [0.05, 0.1) is 19.3 Å². The molecule has 1 rings (SSSR count). The minimum atomic E-state index is -0.651. The van der Waals surface area contributed by atoms with E-state index in [1.165, 1.54) is 4.90 Å². The van der Waals surface area contributed by atoms with Gasteiger partial charge in [0.25, 0.3) is 0 Å². The van der Waals surface area contributed by atoms with Crippen LogP contribution in [0.25, 0.3) is 0 Å². The molecule has 116 valence electrons. The predicted molar refractivity (Wildman–Crippen MR) is 74.1 cm³/mol. The van der Waals surface area contributed by atoms with E-state index >= 15 is 0 Å². The molecule has 1 aliphatic rings. The second-order valence-corrected chi connectivity index (χ2v) is 5.17. The van der Waals surface area contributed by atoms with Crippen LogP contribution in [0.5, 0.6) is 0 Å². The molecule has 7 heteroatoms. The van der Waals surface area contributed by atoms with Crippen molar-refractivity contribution in [2.45, 2.75) is 38.4 Å². The van der Waals surface area contributed by atoms with Gasteiger partial charge >= 0.3 is 0 Å². The number of nitrogens with zero attached hydrogens (tertiary/aromatic N) is 1. The Morgan fingerprint density at radius 1 is 1.50 bits per heavy atom. The number of carbonyl (C=O) groups is 2. The number of nitrogens with two attached hydrogens (primary N) is 1. The molecule has 3 N–H and O–H groups in total. The van der Waals surface area contributed by atoms with Gasteiger partial charge < -0.3 is 25.4 Å². The van der Waals surface area contributed by atoms with Gasteiger partial charge in [-0.25, -0.2) is 0 Å². The Balaban J connectivity index is 2.67. The number of hydrogen-bond donors (Lipinski definition) is 2. The van der Waals surface area contributed by atoms with E-state index in [0.29, 0.717) is 26.2 Å². The van der Waals surface area contributed by atoms with Crippen molar-refractivity contribution in [2.24, 2.45) is 5.73 Å². The number of rotatable bonds is 6. The second-order valence-electron chi connectivity index (χ2n) is 5.17. The molecule has 2 unspecified atom stereocenters. The van der Waals surface area contributed by atoms with Gasteiger partial charge in [-0.2, -0.15) is 0 Å².